The molecule has 0 radical (unpaired) electrons. The number of carbonyl (C=O) groups excluding carboxylic acids is 1. The summed E-state index contributed by atoms with van der Waals surface area (Å²) in [5.74, 6) is -0.434. The van der Waals surface area contributed by atoms with Gasteiger partial charge in [0, 0.05) is 44.8 Å². The first-order valence-electron chi connectivity index (χ1n) is 10.5. The molecule has 3 aromatic rings. The van der Waals surface area contributed by atoms with Gasteiger partial charge in [0.1, 0.15) is 5.82 Å². The first-order valence-corrected chi connectivity index (χ1v) is 13.0. The summed E-state index contributed by atoms with van der Waals surface area (Å²) in [4.78, 5) is 21.7. The highest BCUT2D eigenvalue weighted by Crippen LogP contribution is 2.29. The second kappa shape index (κ2) is 9.51. The van der Waals surface area contributed by atoms with Crippen LogP contribution >= 0.6 is 11.3 Å². The molecule has 32 heavy (non-hydrogen) atoms. The molecule has 2 heterocycles. The van der Waals surface area contributed by atoms with Crippen molar-refractivity contribution in [2.45, 2.75) is 11.8 Å². The number of fused-ring (bicyclic) bond motifs is 1. The van der Waals surface area contributed by atoms with Gasteiger partial charge in [0.25, 0.3) is 5.91 Å². The van der Waals surface area contributed by atoms with Crippen LogP contribution in [0.1, 0.15) is 17.3 Å². The van der Waals surface area contributed by atoms with Crippen LogP contribution in [0.15, 0.2) is 47.4 Å². The van der Waals surface area contributed by atoms with Crippen molar-refractivity contribution in [1.82, 2.24) is 15.2 Å². The number of nitrogens with zero attached hydrogens (tertiary/aromatic N) is 3. The van der Waals surface area contributed by atoms with Crippen molar-refractivity contribution in [3.63, 3.8) is 0 Å². The number of benzene rings is 2. The summed E-state index contributed by atoms with van der Waals surface area (Å²) in [6.07, 6.45) is 0. The Hall–Kier alpha value is -2.56. The Kier molecular flexibility index (Phi) is 6.73. The average molecular weight is 477 g/mol. The molecule has 1 amide bonds. The third-order valence-corrected chi connectivity index (χ3v) is 8.38. The molecule has 0 aliphatic carbocycles. The lowest BCUT2D eigenvalue weighted by Gasteiger charge is -2.34. The van der Waals surface area contributed by atoms with Crippen molar-refractivity contribution in [2.75, 3.05) is 49.9 Å². The smallest absolute Gasteiger partial charge is 0.251 e. The van der Waals surface area contributed by atoms with E-state index >= 15 is 0 Å². The van der Waals surface area contributed by atoms with E-state index in [-0.39, 0.29) is 22.4 Å². The van der Waals surface area contributed by atoms with Crippen molar-refractivity contribution in [3.05, 3.63) is 53.8 Å². The Morgan fingerprint density at radius 3 is 2.53 bits per heavy atom. The monoisotopic (exact) mass is 476 g/mol. The summed E-state index contributed by atoms with van der Waals surface area (Å²) in [5.41, 5.74) is 1.26. The van der Waals surface area contributed by atoms with E-state index in [2.05, 4.69) is 20.1 Å². The van der Waals surface area contributed by atoms with Crippen LogP contribution in [0.5, 0.6) is 0 Å². The lowest BCUT2D eigenvalue weighted by Crippen LogP contribution is -2.48. The van der Waals surface area contributed by atoms with E-state index in [1.54, 1.807) is 25.1 Å². The molecule has 7 nitrogen and oxygen atoms in total. The third-order valence-electron chi connectivity index (χ3n) is 5.55. The molecule has 1 fully saturated rings. The van der Waals surface area contributed by atoms with E-state index in [0.717, 1.165) is 48.1 Å². The van der Waals surface area contributed by atoms with Crippen LogP contribution in [0.4, 0.5) is 9.52 Å². The standard InChI is InChI=1S/C22H25FN4O3S2/c1-2-32(29,30)18-6-3-16(4-7-18)21(28)24-9-10-26-11-13-27(14-12-26)22-25-19-8-5-17(23)15-20(19)31-22/h3-8,15H,2,9-14H2,1H3,(H,24,28). The Balaban J connectivity index is 1.24. The van der Waals surface area contributed by atoms with Gasteiger partial charge in [0.2, 0.25) is 0 Å². The molecule has 1 aliphatic rings. The van der Waals surface area contributed by atoms with Crippen LogP contribution in [0, 0.1) is 5.82 Å². The number of aromatic nitrogens is 1. The normalized spacial score (nSPS) is 15.2. The van der Waals surface area contributed by atoms with Crippen molar-refractivity contribution >= 4 is 42.4 Å². The first kappa shape index (κ1) is 22.6. The molecular weight excluding hydrogens is 451 g/mol. The van der Waals surface area contributed by atoms with E-state index < -0.39 is 9.84 Å². The number of piperazine rings is 1. The third kappa shape index (κ3) is 5.08. The molecule has 170 valence electrons. The minimum absolute atomic E-state index is 0.0311. The maximum absolute atomic E-state index is 13.4. The SMILES string of the molecule is CCS(=O)(=O)c1ccc(C(=O)NCCN2CCN(c3nc4ccc(F)cc4s3)CC2)cc1. The number of hydrogen-bond acceptors (Lipinski definition) is 7. The van der Waals surface area contributed by atoms with E-state index in [0.29, 0.717) is 12.1 Å². The van der Waals surface area contributed by atoms with Gasteiger partial charge in [-0.15, -0.1) is 0 Å². The van der Waals surface area contributed by atoms with Crippen molar-refractivity contribution in [1.29, 1.82) is 0 Å². The van der Waals surface area contributed by atoms with Crippen LogP contribution in [0.25, 0.3) is 10.2 Å². The second-order valence-corrected chi connectivity index (χ2v) is 10.9. The topological polar surface area (TPSA) is 82.6 Å². The Labute approximate surface area is 190 Å². The highest BCUT2D eigenvalue weighted by atomic mass is 32.2. The Morgan fingerprint density at radius 2 is 1.84 bits per heavy atom. The molecule has 0 spiro atoms. The Bertz CT molecular complexity index is 1200. The predicted molar refractivity (Wildman–Crippen MR) is 125 cm³/mol. The molecule has 0 unspecified atom stereocenters. The van der Waals surface area contributed by atoms with E-state index in [9.17, 15) is 17.6 Å². The molecule has 1 aliphatic heterocycles. The first-order chi connectivity index (χ1) is 15.4. The molecule has 1 saturated heterocycles. The predicted octanol–water partition coefficient (Wildman–Crippen LogP) is 2.78. The molecule has 2 aromatic carbocycles. The molecule has 0 saturated carbocycles. The summed E-state index contributed by atoms with van der Waals surface area (Å²) in [5, 5.41) is 3.80. The van der Waals surface area contributed by atoms with Gasteiger partial charge in [-0.05, 0) is 42.5 Å². The van der Waals surface area contributed by atoms with Crippen LogP contribution < -0.4 is 10.2 Å². The fourth-order valence-electron chi connectivity index (χ4n) is 3.59. The van der Waals surface area contributed by atoms with Gasteiger partial charge < -0.3 is 10.2 Å². The van der Waals surface area contributed by atoms with Crippen LogP contribution in [-0.4, -0.2) is 69.2 Å². The van der Waals surface area contributed by atoms with Gasteiger partial charge >= 0.3 is 0 Å². The molecule has 1 aromatic heterocycles. The van der Waals surface area contributed by atoms with Crippen molar-refractivity contribution < 1.29 is 17.6 Å². The van der Waals surface area contributed by atoms with E-state index in [1.165, 1.54) is 35.6 Å². The minimum atomic E-state index is -3.27. The molecule has 10 heteroatoms. The van der Waals surface area contributed by atoms with Crippen LogP contribution in [0.2, 0.25) is 0 Å². The van der Waals surface area contributed by atoms with Gasteiger partial charge in [0.05, 0.1) is 20.9 Å². The van der Waals surface area contributed by atoms with E-state index in [4.69, 9.17) is 0 Å². The van der Waals surface area contributed by atoms with E-state index in [1.807, 2.05) is 0 Å². The fraction of sp³-hybridized carbons (Fsp3) is 0.364. The summed E-state index contributed by atoms with van der Waals surface area (Å²) in [6, 6.07) is 10.7. The number of anilines is 1. The summed E-state index contributed by atoms with van der Waals surface area (Å²) in [6.45, 7) is 6.18. The zero-order valence-corrected chi connectivity index (χ0v) is 19.4. The number of rotatable bonds is 7. The number of hydrogen-bond donors (Lipinski definition) is 1. The number of nitrogens with one attached hydrogen (secondary N) is 1. The largest absolute Gasteiger partial charge is 0.351 e. The molecule has 4 rings (SSSR count). The lowest BCUT2D eigenvalue weighted by molar-refractivity contribution is 0.0947. The molecule has 0 bridgehead atoms. The molecular formula is C22H25FN4O3S2. The maximum Gasteiger partial charge on any atom is 0.251 e. The second-order valence-electron chi connectivity index (χ2n) is 7.62. The number of halogens is 1. The minimum Gasteiger partial charge on any atom is -0.351 e. The van der Waals surface area contributed by atoms with Gasteiger partial charge in [-0.2, -0.15) is 0 Å². The quantitative estimate of drug-likeness (QED) is 0.565. The number of carbonyl (C=O) groups is 1. The Morgan fingerprint density at radius 1 is 1.12 bits per heavy atom. The lowest BCUT2D eigenvalue weighted by atomic mass is 10.2. The highest BCUT2D eigenvalue weighted by Gasteiger charge is 2.20. The van der Waals surface area contributed by atoms with Crippen LogP contribution in [-0.2, 0) is 9.84 Å². The van der Waals surface area contributed by atoms with Gasteiger partial charge in [-0.1, -0.05) is 18.3 Å². The number of thiazole rings is 1. The maximum atomic E-state index is 13.4. The zero-order valence-electron chi connectivity index (χ0n) is 17.8. The summed E-state index contributed by atoms with van der Waals surface area (Å²) < 4.78 is 38.0. The number of amides is 1. The van der Waals surface area contributed by atoms with Gasteiger partial charge in [-0.25, -0.2) is 17.8 Å². The fourth-order valence-corrected chi connectivity index (χ4v) is 5.52. The van der Waals surface area contributed by atoms with Gasteiger partial charge in [-0.3, -0.25) is 9.69 Å². The highest BCUT2D eigenvalue weighted by molar-refractivity contribution is 7.91. The van der Waals surface area contributed by atoms with Crippen molar-refractivity contribution in [3.8, 4) is 0 Å². The summed E-state index contributed by atoms with van der Waals surface area (Å²) in [7, 11) is -3.27. The average Bonchev–Trinajstić information content (AvgIpc) is 3.22. The van der Waals surface area contributed by atoms with Crippen molar-refractivity contribution in [2.24, 2.45) is 0 Å². The number of sulfone groups is 1. The summed E-state index contributed by atoms with van der Waals surface area (Å²) >= 11 is 1.50. The molecule has 1 N–H and O–H groups in total. The van der Waals surface area contributed by atoms with Crippen LogP contribution in [0.3, 0.4) is 0 Å². The molecule has 0 atom stereocenters. The zero-order chi connectivity index (χ0) is 22.7. The van der Waals surface area contributed by atoms with Gasteiger partial charge in [0.15, 0.2) is 15.0 Å².